The Morgan fingerprint density at radius 3 is 2.26 bits per heavy atom. The van der Waals surface area contributed by atoms with Gasteiger partial charge in [-0.1, -0.05) is 13.8 Å². The number of rotatable bonds is 7. The Morgan fingerprint density at radius 1 is 1.00 bits per heavy atom. The molecular formula is C18H23NO4. The maximum absolute atomic E-state index is 12.8. The minimum absolute atomic E-state index is 0.141. The van der Waals surface area contributed by atoms with Crippen LogP contribution in [0.25, 0.3) is 0 Å². The van der Waals surface area contributed by atoms with E-state index in [4.69, 9.17) is 14.2 Å². The molecular weight excluding hydrogens is 294 g/mol. The number of aromatic nitrogens is 1. The molecule has 0 aliphatic heterocycles. The minimum atomic E-state index is -0.141. The lowest BCUT2D eigenvalue weighted by Crippen LogP contribution is -2.07. The largest absolute Gasteiger partial charge is 0.493 e. The average Bonchev–Trinajstić information content (AvgIpc) is 3.00. The Kier molecular flexibility index (Phi) is 5.32. The maximum Gasteiger partial charge on any atom is 0.213 e. The molecule has 1 heterocycles. The Labute approximate surface area is 136 Å². The van der Waals surface area contributed by atoms with Gasteiger partial charge in [0.15, 0.2) is 11.5 Å². The molecule has 5 heteroatoms. The molecule has 2 rings (SSSR count). The number of H-pyrrole nitrogens is 1. The van der Waals surface area contributed by atoms with Crippen LogP contribution in [0.1, 0.15) is 35.6 Å². The van der Waals surface area contributed by atoms with Gasteiger partial charge in [0.05, 0.1) is 32.6 Å². The number of methoxy groups -OCH3 is 3. The van der Waals surface area contributed by atoms with Gasteiger partial charge in [0.2, 0.25) is 11.5 Å². The maximum atomic E-state index is 12.8. The molecule has 23 heavy (non-hydrogen) atoms. The molecule has 0 fully saturated rings. The first-order valence-corrected chi connectivity index (χ1v) is 7.53. The highest BCUT2D eigenvalue weighted by atomic mass is 16.5. The zero-order valence-electron chi connectivity index (χ0n) is 14.2. The van der Waals surface area contributed by atoms with Gasteiger partial charge >= 0.3 is 0 Å². The molecule has 0 spiro atoms. The number of carbonyl (C=O) groups is 1. The summed E-state index contributed by atoms with van der Waals surface area (Å²) in [6.45, 7) is 4.28. The van der Waals surface area contributed by atoms with Crippen molar-refractivity contribution in [1.29, 1.82) is 0 Å². The first-order chi connectivity index (χ1) is 11.0. The standard InChI is InChI=1S/C18H23NO4/c1-11(2)10-12-6-8-14(19-12)16(20)13-7-9-15(21-3)18(23-5)17(13)22-4/h6-9,11,19H,10H2,1-5H3. The van der Waals surface area contributed by atoms with E-state index in [1.807, 2.05) is 6.07 Å². The van der Waals surface area contributed by atoms with Crippen LogP contribution in [-0.2, 0) is 6.42 Å². The third-order valence-corrected chi connectivity index (χ3v) is 3.57. The fourth-order valence-electron chi connectivity index (χ4n) is 2.56. The molecule has 0 saturated heterocycles. The molecule has 1 N–H and O–H groups in total. The van der Waals surface area contributed by atoms with E-state index in [1.165, 1.54) is 14.2 Å². The predicted octanol–water partition coefficient (Wildman–Crippen LogP) is 3.47. The number of ketones is 1. The van der Waals surface area contributed by atoms with Gasteiger partial charge in [-0.2, -0.15) is 0 Å². The number of aromatic amines is 1. The van der Waals surface area contributed by atoms with Crippen molar-refractivity contribution in [2.24, 2.45) is 5.92 Å². The van der Waals surface area contributed by atoms with Gasteiger partial charge in [0, 0.05) is 5.69 Å². The van der Waals surface area contributed by atoms with Crippen molar-refractivity contribution < 1.29 is 19.0 Å². The van der Waals surface area contributed by atoms with Crippen LogP contribution in [0.2, 0.25) is 0 Å². The number of nitrogens with one attached hydrogen (secondary N) is 1. The van der Waals surface area contributed by atoms with Crippen LogP contribution in [0.3, 0.4) is 0 Å². The fourth-order valence-corrected chi connectivity index (χ4v) is 2.56. The number of benzene rings is 1. The molecule has 1 aromatic carbocycles. The Hall–Kier alpha value is -2.43. The normalized spacial score (nSPS) is 10.7. The minimum Gasteiger partial charge on any atom is -0.493 e. The van der Waals surface area contributed by atoms with Crippen LogP contribution in [0, 0.1) is 5.92 Å². The van der Waals surface area contributed by atoms with Gasteiger partial charge in [-0.25, -0.2) is 0 Å². The van der Waals surface area contributed by atoms with Crippen molar-refractivity contribution in [2.75, 3.05) is 21.3 Å². The number of hydrogen-bond donors (Lipinski definition) is 1. The molecule has 0 saturated carbocycles. The molecule has 1 aromatic heterocycles. The SMILES string of the molecule is COc1ccc(C(=O)c2ccc(CC(C)C)[nH]2)c(OC)c1OC. The molecule has 0 amide bonds. The molecule has 0 bridgehead atoms. The lowest BCUT2D eigenvalue weighted by Gasteiger charge is -2.14. The second kappa shape index (κ2) is 7.22. The van der Waals surface area contributed by atoms with Gasteiger partial charge in [0.25, 0.3) is 0 Å². The summed E-state index contributed by atoms with van der Waals surface area (Å²) < 4.78 is 16.0. The quantitative estimate of drug-likeness (QED) is 0.794. The summed E-state index contributed by atoms with van der Waals surface area (Å²) in [5.74, 6) is 1.68. The van der Waals surface area contributed by atoms with E-state index in [1.54, 1.807) is 25.3 Å². The van der Waals surface area contributed by atoms with Gasteiger partial charge in [-0.15, -0.1) is 0 Å². The van der Waals surface area contributed by atoms with Crippen LogP contribution in [0.5, 0.6) is 17.2 Å². The van der Waals surface area contributed by atoms with Crippen molar-refractivity contribution in [3.8, 4) is 17.2 Å². The smallest absolute Gasteiger partial charge is 0.213 e. The highest BCUT2D eigenvalue weighted by Crippen LogP contribution is 2.40. The summed E-state index contributed by atoms with van der Waals surface area (Å²) in [4.78, 5) is 16.0. The van der Waals surface area contributed by atoms with Crippen molar-refractivity contribution in [3.05, 3.63) is 41.2 Å². The van der Waals surface area contributed by atoms with Gasteiger partial charge < -0.3 is 19.2 Å². The van der Waals surface area contributed by atoms with Crippen LogP contribution in [-0.4, -0.2) is 32.1 Å². The van der Waals surface area contributed by atoms with Crippen molar-refractivity contribution >= 4 is 5.78 Å². The number of ether oxygens (including phenoxy) is 3. The molecule has 0 atom stereocenters. The molecule has 124 valence electrons. The van der Waals surface area contributed by atoms with Gasteiger partial charge in [-0.3, -0.25) is 4.79 Å². The number of hydrogen-bond acceptors (Lipinski definition) is 4. The highest BCUT2D eigenvalue weighted by molar-refractivity contribution is 6.10. The Balaban J connectivity index is 2.41. The van der Waals surface area contributed by atoms with Crippen LogP contribution < -0.4 is 14.2 Å². The summed E-state index contributed by atoms with van der Waals surface area (Å²) in [5, 5.41) is 0. The summed E-state index contributed by atoms with van der Waals surface area (Å²) in [6.07, 6.45) is 0.899. The summed E-state index contributed by atoms with van der Waals surface area (Å²) >= 11 is 0. The molecule has 5 nitrogen and oxygen atoms in total. The fraction of sp³-hybridized carbons (Fsp3) is 0.389. The van der Waals surface area contributed by atoms with Crippen LogP contribution >= 0.6 is 0 Å². The first-order valence-electron chi connectivity index (χ1n) is 7.53. The second-order valence-corrected chi connectivity index (χ2v) is 5.71. The first kappa shape index (κ1) is 16.9. The van der Waals surface area contributed by atoms with E-state index in [2.05, 4.69) is 18.8 Å². The van der Waals surface area contributed by atoms with Crippen molar-refractivity contribution in [2.45, 2.75) is 20.3 Å². The van der Waals surface area contributed by atoms with E-state index in [0.29, 0.717) is 34.4 Å². The van der Waals surface area contributed by atoms with Gasteiger partial charge in [0.1, 0.15) is 0 Å². The van der Waals surface area contributed by atoms with E-state index in [-0.39, 0.29) is 5.78 Å². The van der Waals surface area contributed by atoms with E-state index in [0.717, 1.165) is 12.1 Å². The number of carbonyl (C=O) groups excluding carboxylic acids is 1. The average molecular weight is 317 g/mol. The van der Waals surface area contributed by atoms with Crippen molar-refractivity contribution in [3.63, 3.8) is 0 Å². The lowest BCUT2D eigenvalue weighted by atomic mass is 10.1. The Morgan fingerprint density at radius 2 is 1.70 bits per heavy atom. The third-order valence-electron chi connectivity index (χ3n) is 3.57. The Bertz CT molecular complexity index is 688. The van der Waals surface area contributed by atoms with Gasteiger partial charge in [-0.05, 0) is 36.6 Å². The van der Waals surface area contributed by atoms with E-state index < -0.39 is 0 Å². The summed E-state index contributed by atoms with van der Waals surface area (Å²) in [6, 6.07) is 7.13. The van der Waals surface area contributed by atoms with Crippen molar-refractivity contribution in [1.82, 2.24) is 4.98 Å². The monoisotopic (exact) mass is 317 g/mol. The molecule has 0 aliphatic carbocycles. The molecule has 0 aliphatic rings. The molecule has 0 unspecified atom stereocenters. The molecule has 0 radical (unpaired) electrons. The van der Waals surface area contributed by atoms with E-state index >= 15 is 0 Å². The topological polar surface area (TPSA) is 60.6 Å². The van der Waals surface area contributed by atoms with E-state index in [9.17, 15) is 4.79 Å². The molecule has 2 aromatic rings. The zero-order chi connectivity index (χ0) is 17.0. The second-order valence-electron chi connectivity index (χ2n) is 5.71. The van der Waals surface area contributed by atoms with Crippen LogP contribution in [0.15, 0.2) is 24.3 Å². The third kappa shape index (κ3) is 3.50. The zero-order valence-corrected chi connectivity index (χ0v) is 14.2. The van der Waals surface area contributed by atoms with Crippen LogP contribution in [0.4, 0.5) is 0 Å². The lowest BCUT2D eigenvalue weighted by molar-refractivity contribution is 0.103. The highest BCUT2D eigenvalue weighted by Gasteiger charge is 2.22. The summed E-state index contributed by atoms with van der Waals surface area (Å²) in [5.41, 5.74) is 2.01. The predicted molar refractivity (Wildman–Crippen MR) is 88.9 cm³/mol. The summed E-state index contributed by atoms with van der Waals surface area (Å²) in [7, 11) is 4.57.